The Hall–Kier alpha value is -6.18. The standard InChI is InChI=1S/C30H24F2N8O4/c1-2-39-17-22(28(42)40(30(39)43)21-7-4-18(31)5-8-21)27(41)37-19-6-9-25(23(32)14-19)44-26-15-20(16-36-24(26)10-11-33)38-29-34-12-3-13-35-29/h3-17,33,36H,2H2,1H3,(H,37,41)(H,34,35,38)/b24-10-,33-11?. The van der Waals surface area contributed by atoms with Gasteiger partial charge in [0, 0.05) is 55.4 Å². The molecule has 1 aliphatic heterocycles. The third-order valence-electron chi connectivity index (χ3n) is 6.24. The van der Waals surface area contributed by atoms with Crippen LogP contribution in [0.2, 0.25) is 0 Å². The molecule has 0 fully saturated rings. The number of hydrogen-bond donors (Lipinski definition) is 4. The second-order valence-corrected chi connectivity index (χ2v) is 9.13. The maximum absolute atomic E-state index is 15.2. The highest BCUT2D eigenvalue weighted by atomic mass is 19.1. The predicted octanol–water partition coefficient (Wildman–Crippen LogP) is 3.69. The molecule has 222 valence electrons. The van der Waals surface area contributed by atoms with Gasteiger partial charge in [0.05, 0.1) is 17.1 Å². The van der Waals surface area contributed by atoms with Crippen LogP contribution in [0.1, 0.15) is 17.3 Å². The Morgan fingerprint density at radius 3 is 2.55 bits per heavy atom. The Labute approximate surface area is 248 Å². The molecule has 3 heterocycles. The smallest absolute Gasteiger partial charge is 0.335 e. The molecule has 4 aromatic rings. The first-order chi connectivity index (χ1) is 21.3. The zero-order valence-corrected chi connectivity index (χ0v) is 23.0. The number of halogens is 2. The van der Waals surface area contributed by atoms with Crippen molar-refractivity contribution in [3.05, 3.63) is 141 Å². The SMILES string of the molecule is CCn1cc(C(=O)Nc2ccc(OC3=CC(Nc4ncccn4)=CN/C3=C\C=N)c(F)c2)c(=O)n(-c2ccc(F)cc2)c1=O. The summed E-state index contributed by atoms with van der Waals surface area (Å²) in [6.07, 6.45) is 9.85. The van der Waals surface area contributed by atoms with Gasteiger partial charge in [-0.15, -0.1) is 0 Å². The molecule has 0 bridgehead atoms. The van der Waals surface area contributed by atoms with E-state index in [1.165, 1.54) is 30.3 Å². The summed E-state index contributed by atoms with van der Waals surface area (Å²) in [6, 6.07) is 9.99. The third kappa shape index (κ3) is 6.33. The van der Waals surface area contributed by atoms with Crippen molar-refractivity contribution in [1.29, 1.82) is 5.41 Å². The third-order valence-corrected chi connectivity index (χ3v) is 6.24. The summed E-state index contributed by atoms with van der Waals surface area (Å²) in [5.74, 6) is -1.98. The van der Waals surface area contributed by atoms with Gasteiger partial charge in [0.1, 0.15) is 11.4 Å². The molecule has 0 aliphatic carbocycles. The number of amides is 1. The first kappa shape index (κ1) is 29.3. The van der Waals surface area contributed by atoms with E-state index >= 15 is 4.39 Å². The largest absolute Gasteiger partial charge is 0.452 e. The van der Waals surface area contributed by atoms with Gasteiger partial charge in [0.15, 0.2) is 17.3 Å². The summed E-state index contributed by atoms with van der Waals surface area (Å²) in [4.78, 5) is 47.4. The monoisotopic (exact) mass is 598 g/mol. The lowest BCUT2D eigenvalue weighted by Gasteiger charge is -2.20. The Morgan fingerprint density at radius 2 is 1.86 bits per heavy atom. The molecule has 0 atom stereocenters. The lowest BCUT2D eigenvalue weighted by Crippen LogP contribution is -2.42. The fraction of sp³-hybridized carbons (Fsp3) is 0.0667. The Morgan fingerprint density at radius 1 is 1.11 bits per heavy atom. The average Bonchev–Trinajstić information content (AvgIpc) is 3.01. The van der Waals surface area contributed by atoms with Gasteiger partial charge >= 0.3 is 5.69 Å². The zero-order valence-electron chi connectivity index (χ0n) is 23.0. The van der Waals surface area contributed by atoms with Crippen LogP contribution in [0.5, 0.6) is 5.75 Å². The molecule has 2 aromatic heterocycles. The van der Waals surface area contributed by atoms with E-state index in [0.717, 1.165) is 39.7 Å². The van der Waals surface area contributed by atoms with E-state index in [0.29, 0.717) is 17.3 Å². The van der Waals surface area contributed by atoms with Gasteiger partial charge in [0.25, 0.3) is 11.5 Å². The van der Waals surface area contributed by atoms with Crippen molar-refractivity contribution in [2.45, 2.75) is 13.5 Å². The maximum atomic E-state index is 15.2. The second kappa shape index (κ2) is 12.8. The van der Waals surface area contributed by atoms with Crippen LogP contribution in [0.15, 0.2) is 112 Å². The number of rotatable bonds is 9. The minimum atomic E-state index is -0.926. The molecule has 2 aromatic carbocycles. The van der Waals surface area contributed by atoms with Gasteiger partial charge in [0.2, 0.25) is 5.95 Å². The van der Waals surface area contributed by atoms with Crippen molar-refractivity contribution in [3.63, 3.8) is 0 Å². The molecule has 12 nitrogen and oxygen atoms in total. The first-order valence-corrected chi connectivity index (χ1v) is 13.1. The van der Waals surface area contributed by atoms with Gasteiger partial charge < -0.3 is 26.1 Å². The van der Waals surface area contributed by atoms with Crippen molar-refractivity contribution < 1.29 is 18.3 Å². The van der Waals surface area contributed by atoms with E-state index in [-0.39, 0.29) is 35.0 Å². The molecule has 1 aliphatic rings. The topological polar surface area (TPSA) is 156 Å². The van der Waals surface area contributed by atoms with Crippen LogP contribution in [0.4, 0.5) is 20.4 Å². The molecule has 0 unspecified atom stereocenters. The number of benzene rings is 2. The molecule has 14 heteroatoms. The summed E-state index contributed by atoms with van der Waals surface area (Å²) in [5.41, 5.74) is -1.05. The Bertz CT molecular complexity index is 1950. The molecule has 4 N–H and O–H groups in total. The van der Waals surface area contributed by atoms with Gasteiger partial charge in [-0.25, -0.2) is 28.1 Å². The summed E-state index contributed by atoms with van der Waals surface area (Å²) in [5, 5.41) is 15.8. The van der Waals surface area contributed by atoms with E-state index in [1.54, 1.807) is 37.7 Å². The van der Waals surface area contributed by atoms with Crippen molar-refractivity contribution in [3.8, 4) is 11.4 Å². The molecule has 0 saturated carbocycles. The van der Waals surface area contributed by atoms with E-state index in [4.69, 9.17) is 10.1 Å². The zero-order chi connectivity index (χ0) is 31.2. The lowest BCUT2D eigenvalue weighted by molar-refractivity contribution is 0.102. The van der Waals surface area contributed by atoms with Crippen LogP contribution < -0.4 is 31.9 Å². The molecule has 0 saturated heterocycles. The van der Waals surface area contributed by atoms with E-state index < -0.39 is 28.8 Å². The molecule has 0 radical (unpaired) electrons. The molecule has 1 amide bonds. The fourth-order valence-electron chi connectivity index (χ4n) is 4.13. The summed E-state index contributed by atoms with van der Waals surface area (Å²) in [7, 11) is 0. The maximum Gasteiger partial charge on any atom is 0.335 e. The van der Waals surface area contributed by atoms with Crippen LogP contribution in [-0.4, -0.2) is 31.2 Å². The molecule has 5 rings (SSSR count). The Balaban J connectivity index is 1.39. The number of aryl methyl sites for hydroxylation is 1. The summed E-state index contributed by atoms with van der Waals surface area (Å²) in [6.45, 7) is 1.80. The van der Waals surface area contributed by atoms with Crippen molar-refractivity contribution >= 4 is 23.8 Å². The van der Waals surface area contributed by atoms with Gasteiger partial charge in [-0.1, -0.05) is 0 Å². The fourth-order valence-corrected chi connectivity index (χ4v) is 4.13. The molecular formula is C30H24F2N8O4. The predicted molar refractivity (Wildman–Crippen MR) is 159 cm³/mol. The molecular weight excluding hydrogens is 574 g/mol. The van der Waals surface area contributed by atoms with Crippen LogP contribution >= 0.6 is 0 Å². The highest BCUT2D eigenvalue weighted by Gasteiger charge is 2.20. The van der Waals surface area contributed by atoms with E-state index in [1.807, 2.05) is 0 Å². The number of dihydropyridines is 1. The van der Waals surface area contributed by atoms with Crippen LogP contribution in [-0.2, 0) is 6.54 Å². The number of allylic oxidation sites excluding steroid dienone is 2. The highest BCUT2D eigenvalue weighted by Crippen LogP contribution is 2.27. The van der Waals surface area contributed by atoms with Crippen molar-refractivity contribution in [2.75, 3.05) is 10.6 Å². The van der Waals surface area contributed by atoms with Crippen LogP contribution in [0.3, 0.4) is 0 Å². The van der Waals surface area contributed by atoms with Crippen molar-refractivity contribution in [1.82, 2.24) is 24.4 Å². The normalized spacial score (nSPS) is 13.4. The molecule has 44 heavy (non-hydrogen) atoms. The summed E-state index contributed by atoms with van der Waals surface area (Å²) < 4.78 is 36.4. The van der Waals surface area contributed by atoms with E-state index in [2.05, 4.69) is 25.9 Å². The second-order valence-electron chi connectivity index (χ2n) is 9.13. The lowest BCUT2D eigenvalue weighted by atomic mass is 10.2. The number of carbonyl (C=O) groups excluding carboxylic acids is 1. The number of anilines is 2. The van der Waals surface area contributed by atoms with Crippen LogP contribution in [0, 0.1) is 17.0 Å². The van der Waals surface area contributed by atoms with Gasteiger partial charge in [-0.05, 0) is 55.5 Å². The number of nitrogens with zero attached hydrogens (tertiary/aromatic N) is 4. The van der Waals surface area contributed by atoms with Gasteiger partial charge in [-0.3, -0.25) is 14.2 Å². The minimum Gasteiger partial charge on any atom is -0.452 e. The minimum absolute atomic E-state index is 0.0105. The summed E-state index contributed by atoms with van der Waals surface area (Å²) >= 11 is 0. The van der Waals surface area contributed by atoms with Crippen molar-refractivity contribution in [2.24, 2.45) is 0 Å². The number of aromatic nitrogens is 4. The quantitative estimate of drug-likeness (QED) is 0.213. The highest BCUT2D eigenvalue weighted by molar-refractivity contribution is 6.03. The molecule has 0 spiro atoms. The van der Waals surface area contributed by atoms with Gasteiger partial charge in [-0.2, -0.15) is 0 Å². The average molecular weight is 599 g/mol. The number of ether oxygens (including phenoxy) is 1. The van der Waals surface area contributed by atoms with Crippen LogP contribution in [0.25, 0.3) is 5.69 Å². The first-order valence-electron chi connectivity index (χ1n) is 13.1. The van der Waals surface area contributed by atoms with E-state index in [9.17, 15) is 18.8 Å². The number of hydrogen-bond acceptors (Lipinski definition) is 9. The number of carbonyl (C=O) groups is 1. The Kier molecular flexibility index (Phi) is 8.51. The number of nitrogens with one attached hydrogen (secondary N) is 4.